The fourth-order valence-corrected chi connectivity index (χ4v) is 5.19. The third kappa shape index (κ3) is 4.35. The predicted molar refractivity (Wildman–Crippen MR) is 112 cm³/mol. The molecule has 1 N–H and O–H groups in total. The number of methoxy groups -OCH3 is 1. The van der Waals surface area contributed by atoms with Gasteiger partial charge in [-0.05, 0) is 48.9 Å². The van der Waals surface area contributed by atoms with Crippen LogP contribution in [0.2, 0.25) is 0 Å². The topological polar surface area (TPSA) is 103 Å². The summed E-state index contributed by atoms with van der Waals surface area (Å²) in [5.41, 5.74) is 2.50. The molecule has 9 heteroatoms. The number of ether oxygens (including phenoxy) is 1. The molecule has 4 rings (SSSR count). The first-order valence-corrected chi connectivity index (χ1v) is 11.4. The van der Waals surface area contributed by atoms with Gasteiger partial charge in [0, 0.05) is 11.8 Å². The van der Waals surface area contributed by atoms with Gasteiger partial charge >= 0.3 is 0 Å². The molecule has 0 radical (unpaired) electrons. The molecule has 2 aromatic heterocycles. The molecule has 1 aliphatic rings. The van der Waals surface area contributed by atoms with Gasteiger partial charge in [-0.2, -0.15) is 5.10 Å². The van der Waals surface area contributed by atoms with Gasteiger partial charge in [-0.15, -0.1) is 0 Å². The Morgan fingerprint density at radius 1 is 1.23 bits per heavy atom. The minimum absolute atomic E-state index is 0.0207. The van der Waals surface area contributed by atoms with Crippen LogP contribution in [0.25, 0.3) is 11.3 Å². The van der Waals surface area contributed by atoms with E-state index >= 15 is 0 Å². The summed E-state index contributed by atoms with van der Waals surface area (Å²) in [5.74, 6) is 0.518. The summed E-state index contributed by atoms with van der Waals surface area (Å²) in [4.78, 5) is 16.9. The maximum Gasteiger partial charge on any atom is 0.272 e. The van der Waals surface area contributed by atoms with E-state index in [0.717, 1.165) is 11.3 Å². The number of amides is 1. The van der Waals surface area contributed by atoms with Gasteiger partial charge in [0.2, 0.25) is 0 Å². The molecule has 3 aromatic rings. The van der Waals surface area contributed by atoms with Crippen LogP contribution >= 0.6 is 0 Å². The van der Waals surface area contributed by atoms with E-state index in [1.54, 1.807) is 24.1 Å². The molecular formula is C21H22N4O4S. The highest BCUT2D eigenvalue weighted by Gasteiger charge is 2.32. The molecule has 0 bridgehead atoms. The quantitative estimate of drug-likeness (QED) is 0.648. The van der Waals surface area contributed by atoms with Crippen LogP contribution in [-0.4, -0.2) is 47.7 Å². The van der Waals surface area contributed by atoms with Crippen LogP contribution in [0.1, 0.15) is 28.6 Å². The van der Waals surface area contributed by atoms with Crippen molar-refractivity contribution in [2.75, 3.05) is 18.6 Å². The van der Waals surface area contributed by atoms with Crippen molar-refractivity contribution in [1.82, 2.24) is 20.1 Å². The molecule has 156 valence electrons. The summed E-state index contributed by atoms with van der Waals surface area (Å²) in [6.07, 6.45) is 2.14. The number of aromatic nitrogens is 3. The van der Waals surface area contributed by atoms with E-state index < -0.39 is 9.84 Å². The normalized spacial score (nSPS) is 17.6. The molecule has 0 saturated carbocycles. The minimum atomic E-state index is -3.10. The van der Waals surface area contributed by atoms with Gasteiger partial charge in [-0.3, -0.25) is 14.5 Å². The number of nitrogens with zero attached hydrogens (tertiary/aromatic N) is 3. The number of hydrogen-bond acceptors (Lipinski definition) is 6. The molecule has 1 fully saturated rings. The maximum absolute atomic E-state index is 12.7. The lowest BCUT2D eigenvalue weighted by Gasteiger charge is -2.13. The summed E-state index contributed by atoms with van der Waals surface area (Å²) >= 11 is 0. The molecule has 3 heterocycles. The van der Waals surface area contributed by atoms with Gasteiger partial charge < -0.3 is 10.1 Å². The zero-order valence-corrected chi connectivity index (χ0v) is 17.3. The summed E-state index contributed by atoms with van der Waals surface area (Å²) in [7, 11) is -1.51. The number of sulfone groups is 1. The molecule has 30 heavy (non-hydrogen) atoms. The molecule has 1 atom stereocenters. The second-order valence-electron chi connectivity index (χ2n) is 7.15. The average molecular weight is 426 g/mol. The number of carbonyl (C=O) groups excluding carboxylic acids is 1. The Balaban J connectivity index is 1.63. The number of hydrogen-bond donors (Lipinski definition) is 1. The number of benzene rings is 1. The van der Waals surface area contributed by atoms with E-state index in [0.29, 0.717) is 17.9 Å². The van der Waals surface area contributed by atoms with E-state index in [9.17, 15) is 13.2 Å². The Labute approximate surface area is 174 Å². The van der Waals surface area contributed by atoms with Gasteiger partial charge in [0.1, 0.15) is 5.75 Å². The maximum atomic E-state index is 12.7. The van der Waals surface area contributed by atoms with Gasteiger partial charge in [-0.1, -0.05) is 6.07 Å². The van der Waals surface area contributed by atoms with Crippen LogP contribution in [0.3, 0.4) is 0 Å². The smallest absolute Gasteiger partial charge is 0.272 e. The van der Waals surface area contributed by atoms with Crippen molar-refractivity contribution < 1.29 is 17.9 Å². The van der Waals surface area contributed by atoms with Crippen LogP contribution in [0.5, 0.6) is 5.75 Å². The van der Waals surface area contributed by atoms with Crippen molar-refractivity contribution in [2.24, 2.45) is 0 Å². The number of nitrogens with one attached hydrogen (secondary N) is 1. The zero-order chi connectivity index (χ0) is 21.1. The lowest BCUT2D eigenvalue weighted by Crippen LogP contribution is -2.24. The van der Waals surface area contributed by atoms with E-state index in [4.69, 9.17) is 4.74 Å². The first-order valence-electron chi connectivity index (χ1n) is 9.58. The molecule has 1 amide bonds. The van der Waals surface area contributed by atoms with Gasteiger partial charge in [0.05, 0.1) is 42.6 Å². The second-order valence-corrected chi connectivity index (χ2v) is 9.38. The second kappa shape index (κ2) is 8.27. The summed E-state index contributed by atoms with van der Waals surface area (Å²) in [6, 6.07) is 14.2. The highest BCUT2D eigenvalue weighted by Crippen LogP contribution is 2.31. The SMILES string of the molecule is COc1ccc(-c2cc(C(=O)NCc3ccccn3)nn2C2CCS(=O)(=O)C2)cc1. The summed E-state index contributed by atoms with van der Waals surface area (Å²) in [6.45, 7) is 0.280. The van der Waals surface area contributed by atoms with Crippen molar-refractivity contribution in [3.63, 3.8) is 0 Å². The Morgan fingerprint density at radius 3 is 2.67 bits per heavy atom. The van der Waals surface area contributed by atoms with Crippen LogP contribution in [0.4, 0.5) is 0 Å². The van der Waals surface area contributed by atoms with E-state index in [1.165, 1.54) is 0 Å². The van der Waals surface area contributed by atoms with Crippen molar-refractivity contribution in [3.8, 4) is 17.0 Å². The van der Waals surface area contributed by atoms with Gasteiger partial charge in [0.25, 0.3) is 5.91 Å². The molecule has 1 aliphatic heterocycles. The fraction of sp³-hybridized carbons (Fsp3) is 0.286. The van der Waals surface area contributed by atoms with E-state index in [-0.39, 0.29) is 35.7 Å². The summed E-state index contributed by atoms with van der Waals surface area (Å²) in [5, 5.41) is 7.29. The third-order valence-corrected chi connectivity index (χ3v) is 6.81. The van der Waals surface area contributed by atoms with Crippen LogP contribution in [0.15, 0.2) is 54.7 Å². The lowest BCUT2D eigenvalue weighted by atomic mass is 10.1. The summed E-state index contributed by atoms with van der Waals surface area (Å²) < 4.78 is 30.9. The minimum Gasteiger partial charge on any atom is -0.497 e. The average Bonchev–Trinajstić information content (AvgIpc) is 3.36. The Morgan fingerprint density at radius 2 is 2.03 bits per heavy atom. The molecule has 1 unspecified atom stereocenters. The monoisotopic (exact) mass is 426 g/mol. The van der Waals surface area contributed by atoms with Gasteiger partial charge in [0.15, 0.2) is 15.5 Å². The molecule has 0 spiro atoms. The molecule has 1 saturated heterocycles. The van der Waals surface area contributed by atoms with Crippen molar-refractivity contribution >= 4 is 15.7 Å². The number of pyridine rings is 1. The van der Waals surface area contributed by atoms with Gasteiger partial charge in [-0.25, -0.2) is 8.42 Å². The van der Waals surface area contributed by atoms with Crippen LogP contribution < -0.4 is 10.1 Å². The van der Waals surface area contributed by atoms with E-state index in [2.05, 4.69) is 15.4 Å². The van der Waals surface area contributed by atoms with Crippen LogP contribution in [-0.2, 0) is 16.4 Å². The molecule has 1 aromatic carbocycles. The van der Waals surface area contributed by atoms with Crippen molar-refractivity contribution in [1.29, 1.82) is 0 Å². The third-order valence-electron chi connectivity index (χ3n) is 5.06. The predicted octanol–water partition coefficient (Wildman–Crippen LogP) is 2.24. The van der Waals surface area contributed by atoms with Crippen molar-refractivity contribution in [3.05, 3.63) is 66.1 Å². The zero-order valence-electron chi connectivity index (χ0n) is 16.5. The number of rotatable bonds is 6. The highest BCUT2D eigenvalue weighted by atomic mass is 32.2. The van der Waals surface area contributed by atoms with Crippen LogP contribution in [0, 0.1) is 0 Å². The highest BCUT2D eigenvalue weighted by molar-refractivity contribution is 7.91. The Hall–Kier alpha value is -3.20. The number of carbonyl (C=O) groups is 1. The molecular weight excluding hydrogens is 404 g/mol. The Kier molecular flexibility index (Phi) is 5.54. The molecule has 8 nitrogen and oxygen atoms in total. The lowest BCUT2D eigenvalue weighted by molar-refractivity contribution is 0.0944. The first kappa shape index (κ1) is 20.1. The Bertz CT molecular complexity index is 1140. The first-order chi connectivity index (χ1) is 14.4. The standard InChI is InChI=1S/C21H22N4O4S/c1-29-18-7-5-15(6-8-18)20-12-19(21(26)23-13-16-4-2-3-10-22-16)24-25(20)17-9-11-30(27,28)14-17/h2-8,10,12,17H,9,11,13-14H2,1H3,(H,23,26). The van der Waals surface area contributed by atoms with E-state index in [1.807, 2.05) is 42.5 Å². The van der Waals surface area contributed by atoms with Crippen molar-refractivity contribution in [2.45, 2.75) is 19.0 Å². The fourth-order valence-electron chi connectivity index (χ4n) is 3.49. The largest absolute Gasteiger partial charge is 0.497 e. The molecule has 0 aliphatic carbocycles.